The molecule has 96 valence electrons. The lowest BCUT2D eigenvalue weighted by Gasteiger charge is -2.04. The van der Waals surface area contributed by atoms with Crippen LogP contribution in [0.4, 0.5) is 4.39 Å². The fourth-order valence-electron chi connectivity index (χ4n) is 1.14. The summed E-state index contributed by atoms with van der Waals surface area (Å²) in [5, 5.41) is 2.36. The monoisotopic (exact) mass is 289 g/mol. The molecule has 1 aromatic rings. The molecule has 0 fully saturated rings. The Kier molecular flexibility index (Phi) is 4.70. The number of rotatable bonds is 3. The zero-order valence-corrected chi connectivity index (χ0v) is 10.9. The van der Waals surface area contributed by atoms with Gasteiger partial charge in [0.2, 0.25) is 0 Å². The Balaban J connectivity index is 2.98. The number of carbonyl (C=O) groups is 1. The van der Waals surface area contributed by atoms with Gasteiger partial charge in [-0.25, -0.2) is 12.8 Å². The topological polar surface area (TPSA) is 63.2 Å². The minimum atomic E-state index is -4.01. The maximum Gasteiger partial charge on any atom is 0.261 e. The maximum atomic E-state index is 13.5. The van der Waals surface area contributed by atoms with Crippen LogP contribution in [0, 0.1) is 17.7 Å². The SMILES string of the molecule is CC#CCNC(=O)c1ccc(S(=O)(=O)Cl)cc1F. The summed E-state index contributed by atoms with van der Waals surface area (Å²) in [4.78, 5) is 11.1. The van der Waals surface area contributed by atoms with Crippen molar-refractivity contribution in [1.82, 2.24) is 5.32 Å². The van der Waals surface area contributed by atoms with Crippen LogP contribution in [0.25, 0.3) is 0 Å². The molecular weight excluding hydrogens is 281 g/mol. The van der Waals surface area contributed by atoms with Crippen molar-refractivity contribution in [2.45, 2.75) is 11.8 Å². The van der Waals surface area contributed by atoms with Crippen LogP contribution in [-0.4, -0.2) is 20.9 Å². The van der Waals surface area contributed by atoms with Gasteiger partial charge in [-0.05, 0) is 25.1 Å². The van der Waals surface area contributed by atoms with Gasteiger partial charge in [0.15, 0.2) is 0 Å². The van der Waals surface area contributed by atoms with Gasteiger partial charge < -0.3 is 5.32 Å². The number of benzene rings is 1. The van der Waals surface area contributed by atoms with E-state index in [4.69, 9.17) is 10.7 Å². The molecule has 18 heavy (non-hydrogen) atoms. The second-order valence-electron chi connectivity index (χ2n) is 3.19. The highest BCUT2D eigenvalue weighted by Gasteiger charge is 2.16. The van der Waals surface area contributed by atoms with Crippen LogP contribution >= 0.6 is 10.7 Å². The van der Waals surface area contributed by atoms with Crippen molar-refractivity contribution in [1.29, 1.82) is 0 Å². The third-order valence-electron chi connectivity index (χ3n) is 1.98. The van der Waals surface area contributed by atoms with Gasteiger partial charge >= 0.3 is 0 Å². The zero-order chi connectivity index (χ0) is 13.8. The van der Waals surface area contributed by atoms with Gasteiger partial charge in [0.25, 0.3) is 15.0 Å². The predicted molar refractivity (Wildman–Crippen MR) is 65.2 cm³/mol. The second kappa shape index (κ2) is 5.85. The Labute approximate surface area is 109 Å². The Morgan fingerprint density at radius 2 is 2.17 bits per heavy atom. The third kappa shape index (κ3) is 3.72. The van der Waals surface area contributed by atoms with E-state index in [0.29, 0.717) is 6.07 Å². The molecule has 0 unspecified atom stereocenters. The van der Waals surface area contributed by atoms with Crippen molar-refractivity contribution in [3.8, 4) is 11.8 Å². The standard InChI is InChI=1S/C11H9ClFNO3S/c1-2-3-6-14-11(15)9-5-4-8(7-10(9)13)18(12,16)17/h4-5,7H,6H2,1H3,(H,14,15). The van der Waals surface area contributed by atoms with Crippen molar-refractivity contribution >= 4 is 25.6 Å². The minimum Gasteiger partial charge on any atom is -0.341 e. The summed E-state index contributed by atoms with van der Waals surface area (Å²) in [5.74, 6) is 3.51. The highest BCUT2D eigenvalue weighted by Crippen LogP contribution is 2.18. The average molecular weight is 290 g/mol. The molecule has 0 saturated carbocycles. The van der Waals surface area contributed by atoms with E-state index in [-0.39, 0.29) is 12.1 Å². The molecule has 1 N–H and O–H groups in total. The molecule has 0 spiro atoms. The highest BCUT2D eigenvalue weighted by atomic mass is 35.7. The first-order valence-corrected chi connectivity index (χ1v) is 7.09. The molecule has 0 bridgehead atoms. The molecule has 0 aliphatic rings. The summed E-state index contributed by atoms with van der Waals surface area (Å²) >= 11 is 0. The van der Waals surface area contributed by atoms with Gasteiger partial charge in [-0.15, -0.1) is 5.92 Å². The number of amides is 1. The van der Waals surface area contributed by atoms with Crippen LogP contribution in [0.2, 0.25) is 0 Å². The van der Waals surface area contributed by atoms with Crippen molar-refractivity contribution in [3.05, 3.63) is 29.6 Å². The first-order chi connectivity index (χ1) is 8.36. The first-order valence-electron chi connectivity index (χ1n) is 4.78. The maximum absolute atomic E-state index is 13.5. The van der Waals surface area contributed by atoms with Crippen LogP contribution in [0.3, 0.4) is 0 Å². The normalized spacial score (nSPS) is 10.4. The fraction of sp³-hybridized carbons (Fsp3) is 0.182. The second-order valence-corrected chi connectivity index (χ2v) is 5.75. The zero-order valence-electron chi connectivity index (χ0n) is 9.33. The van der Waals surface area contributed by atoms with Crippen LogP contribution in [0.5, 0.6) is 0 Å². The molecule has 0 aromatic heterocycles. The van der Waals surface area contributed by atoms with E-state index in [0.717, 1.165) is 12.1 Å². The molecule has 0 atom stereocenters. The number of halogens is 2. The van der Waals surface area contributed by atoms with E-state index in [9.17, 15) is 17.6 Å². The van der Waals surface area contributed by atoms with E-state index >= 15 is 0 Å². The molecular formula is C11H9ClFNO3S. The molecule has 7 heteroatoms. The largest absolute Gasteiger partial charge is 0.341 e. The lowest BCUT2D eigenvalue weighted by atomic mass is 10.2. The Bertz CT molecular complexity index is 631. The summed E-state index contributed by atoms with van der Waals surface area (Å²) in [7, 11) is 1.04. The van der Waals surface area contributed by atoms with Gasteiger partial charge in [0.05, 0.1) is 17.0 Å². The third-order valence-corrected chi connectivity index (χ3v) is 3.33. The predicted octanol–water partition coefficient (Wildman–Crippen LogP) is 1.51. The van der Waals surface area contributed by atoms with Gasteiger partial charge in [-0.1, -0.05) is 5.92 Å². The van der Waals surface area contributed by atoms with Gasteiger partial charge in [-0.2, -0.15) is 0 Å². The summed E-state index contributed by atoms with van der Waals surface area (Å²) in [6.45, 7) is 1.69. The Morgan fingerprint density at radius 3 is 2.67 bits per heavy atom. The molecule has 1 aromatic carbocycles. The van der Waals surface area contributed by atoms with Gasteiger partial charge in [0.1, 0.15) is 5.82 Å². The van der Waals surface area contributed by atoms with Crippen molar-refractivity contribution in [2.75, 3.05) is 6.54 Å². The fourth-order valence-corrected chi connectivity index (χ4v) is 1.90. The Hall–Kier alpha value is -1.58. The van der Waals surface area contributed by atoms with Crippen LogP contribution < -0.4 is 5.32 Å². The van der Waals surface area contributed by atoms with Crippen LogP contribution in [-0.2, 0) is 9.05 Å². The molecule has 0 aliphatic heterocycles. The lowest BCUT2D eigenvalue weighted by molar-refractivity contribution is 0.0954. The van der Waals surface area contributed by atoms with Gasteiger partial charge in [0, 0.05) is 10.7 Å². The molecule has 0 heterocycles. The highest BCUT2D eigenvalue weighted by molar-refractivity contribution is 8.13. The van der Waals surface area contributed by atoms with Gasteiger partial charge in [-0.3, -0.25) is 4.79 Å². The number of hydrogen-bond acceptors (Lipinski definition) is 3. The van der Waals surface area contributed by atoms with E-state index in [1.54, 1.807) is 6.92 Å². The summed E-state index contributed by atoms with van der Waals surface area (Å²) in [6.07, 6.45) is 0. The molecule has 1 rings (SSSR count). The molecule has 0 saturated heterocycles. The van der Waals surface area contributed by atoms with Crippen molar-refractivity contribution in [2.24, 2.45) is 0 Å². The smallest absolute Gasteiger partial charge is 0.261 e. The molecule has 0 aliphatic carbocycles. The van der Waals surface area contributed by atoms with Crippen LogP contribution in [0.1, 0.15) is 17.3 Å². The summed E-state index contributed by atoms with van der Waals surface area (Å²) in [5.41, 5.74) is -0.267. The van der Waals surface area contributed by atoms with E-state index in [1.807, 2.05) is 0 Å². The van der Waals surface area contributed by atoms with E-state index in [2.05, 4.69) is 17.2 Å². The summed E-state index contributed by atoms with van der Waals surface area (Å²) in [6, 6.07) is 2.81. The quantitative estimate of drug-likeness (QED) is 0.678. The molecule has 0 radical (unpaired) electrons. The lowest BCUT2D eigenvalue weighted by Crippen LogP contribution is -2.24. The first kappa shape index (κ1) is 14.5. The summed E-state index contributed by atoms with van der Waals surface area (Å²) < 4.78 is 35.4. The molecule has 4 nitrogen and oxygen atoms in total. The minimum absolute atomic E-state index is 0.0876. The number of hydrogen-bond donors (Lipinski definition) is 1. The van der Waals surface area contributed by atoms with E-state index < -0.39 is 25.7 Å². The average Bonchev–Trinajstić information content (AvgIpc) is 2.27. The van der Waals surface area contributed by atoms with Crippen molar-refractivity contribution < 1.29 is 17.6 Å². The van der Waals surface area contributed by atoms with Crippen molar-refractivity contribution in [3.63, 3.8) is 0 Å². The number of nitrogens with one attached hydrogen (secondary N) is 1. The number of carbonyl (C=O) groups excluding carboxylic acids is 1. The molecule has 1 amide bonds. The van der Waals surface area contributed by atoms with E-state index in [1.165, 1.54) is 0 Å². The van der Waals surface area contributed by atoms with Crippen LogP contribution in [0.15, 0.2) is 23.1 Å². The Morgan fingerprint density at radius 1 is 1.50 bits per heavy atom.